The molecule has 3 heterocycles. The van der Waals surface area contributed by atoms with Crippen LogP contribution in [0.25, 0.3) is 9.66 Å². The number of rotatable bonds is 6. The van der Waals surface area contributed by atoms with Crippen LogP contribution in [-0.2, 0) is 21.6 Å². The van der Waals surface area contributed by atoms with E-state index in [2.05, 4.69) is 31.5 Å². The van der Waals surface area contributed by atoms with Crippen molar-refractivity contribution < 1.29 is 19.4 Å². The van der Waals surface area contributed by atoms with Gasteiger partial charge in [-0.25, -0.2) is 14.8 Å². The molecule has 0 aliphatic heterocycles. The van der Waals surface area contributed by atoms with Gasteiger partial charge in [-0.1, -0.05) is 53.0 Å². The summed E-state index contributed by atoms with van der Waals surface area (Å²) in [6.45, 7) is 0.179. The molecule has 35 heavy (non-hydrogen) atoms. The Morgan fingerprint density at radius 2 is 1.89 bits per heavy atom. The highest BCUT2D eigenvalue weighted by Gasteiger charge is 2.54. The standard InChI is InChI=1S/C24H18N4O4S3/c29-22(30)24(10-11-24)21-27-20-19(34-21)25-16(33-20)9-8-15-18(17(28-35-15)14-6-7-14)26-23(31)32-12-13-4-2-1-3-5-13/h1-5,14H,6-7,10-12H2,(H,26,31)(H,29,30). The van der Waals surface area contributed by atoms with Gasteiger partial charge in [0, 0.05) is 5.92 Å². The number of aliphatic carboxylic acids is 1. The van der Waals surface area contributed by atoms with Gasteiger partial charge >= 0.3 is 12.1 Å². The lowest BCUT2D eigenvalue weighted by molar-refractivity contribution is -0.140. The van der Waals surface area contributed by atoms with Gasteiger partial charge in [0.25, 0.3) is 0 Å². The monoisotopic (exact) mass is 522 g/mol. The number of carbonyl (C=O) groups is 2. The molecule has 1 aromatic carbocycles. The third-order valence-electron chi connectivity index (χ3n) is 5.95. The zero-order chi connectivity index (χ0) is 24.0. The van der Waals surface area contributed by atoms with Gasteiger partial charge in [-0.05, 0) is 54.6 Å². The third kappa shape index (κ3) is 4.40. The summed E-state index contributed by atoms with van der Waals surface area (Å²) in [5.41, 5.74) is 1.55. The van der Waals surface area contributed by atoms with Crippen molar-refractivity contribution in [1.82, 2.24) is 14.3 Å². The quantitative estimate of drug-likeness (QED) is 0.328. The lowest BCUT2D eigenvalue weighted by Crippen LogP contribution is -2.18. The van der Waals surface area contributed by atoms with Gasteiger partial charge in [0.2, 0.25) is 0 Å². The molecule has 2 aliphatic carbocycles. The van der Waals surface area contributed by atoms with Crippen LogP contribution >= 0.6 is 34.2 Å². The molecule has 176 valence electrons. The van der Waals surface area contributed by atoms with Crippen LogP contribution < -0.4 is 5.32 Å². The SMILES string of the molecule is O=C(Nc1c(C2CC2)nsc1C#Cc1nc2sc(C3(C(=O)O)CC3)nc2s1)OCc1ccccc1. The molecule has 8 nitrogen and oxygen atoms in total. The van der Waals surface area contributed by atoms with Crippen LogP contribution in [0.15, 0.2) is 30.3 Å². The number of hydrogen-bond acceptors (Lipinski definition) is 9. The van der Waals surface area contributed by atoms with E-state index in [0.717, 1.165) is 24.1 Å². The summed E-state index contributed by atoms with van der Waals surface area (Å²) in [7, 11) is 0. The Labute approximate surface area is 212 Å². The Morgan fingerprint density at radius 3 is 2.57 bits per heavy atom. The minimum absolute atomic E-state index is 0.179. The molecule has 0 bridgehead atoms. The average Bonchev–Trinajstić information content (AvgIpc) is 3.75. The maximum atomic E-state index is 12.5. The van der Waals surface area contributed by atoms with E-state index in [9.17, 15) is 14.7 Å². The number of nitrogens with zero attached hydrogens (tertiary/aromatic N) is 3. The minimum Gasteiger partial charge on any atom is -0.481 e. The minimum atomic E-state index is -0.825. The number of carboxylic acid groups (broad SMARTS) is 1. The van der Waals surface area contributed by atoms with Crippen LogP contribution in [-0.4, -0.2) is 31.5 Å². The van der Waals surface area contributed by atoms with E-state index < -0.39 is 17.5 Å². The molecular weight excluding hydrogens is 504 g/mol. The predicted molar refractivity (Wildman–Crippen MR) is 134 cm³/mol. The number of amides is 1. The average molecular weight is 523 g/mol. The summed E-state index contributed by atoms with van der Waals surface area (Å²) < 4.78 is 9.93. The Hall–Kier alpha value is -3.33. The number of carbonyl (C=O) groups excluding carboxylic acids is 1. The van der Waals surface area contributed by atoms with Crippen molar-refractivity contribution in [2.24, 2.45) is 0 Å². The first-order valence-corrected chi connectivity index (χ1v) is 13.4. The number of nitrogens with one attached hydrogen (secondary N) is 1. The van der Waals surface area contributed by atoms with Crippen molar-refractivity contribution in [3.05, 3.63) is 56.5 Å². The normalized spacial score (nSPS) is 15.9. The number of aromatic nitrogens is 3. The van der Waals surface area contributed by atoms with E-state index >= 15 is 0 Å². The third-order valence-corrected chi connectivity index (χ3v) is 8.87. The maximum Gasteiger partial charge on any atom is 0.412 e. The van der Waals surface area contributed by atoms with Crippen LogP contribution in [0.3, 0.4) is 0 Å². The molecule has 4 aromatic rings. The molecule has 2 fully saturated rings. The first-order chi connectivity index (χ1) is 17.0. The summed E-state index contributed by atoms with van der Waals surface area (Å²) in [6, 6.07) is 9.50. The van der Waals surface area contributed by atoms with E-state index in [4.69, 9.17) is 4.74 Å². The van der Waals surface area contributed by atoms with E-state index in [1.54, 1.807) is 0 Å². The van der Waals surface area contributed by atoms with E-state index in [-0.39, 0.29) is 6.61 Å². The number of benzene rings is 1. The van der Waals surface area contributed by atoms with Gasteiger partial charge in [0.05, 0.1) is 11.4 Å². The van der Waals surface area contributed by atoms with Crippen LogP contribution in [0.5, 0.6) is 0 Å². The molecule has 2 aliphatic rings. The first kappa shape index (κ1) is 22.2. The molecular formula is C24H18N4O4S3. The topological polar surface area (TPSA) is 114 Å². The first-order valence-electron chi connectivity index (χ1n) is 11.0. The molecule has 2 N–H and O–H groups in total. The van der Waals surface area contributed by atoms with Gasteiger partial charge < -0.3 is 9.84 Å². The molecule has 0 atom stereocenters. The van der Waals surface area contributed by atoms with Crippen LogP contribution in [0.1, 0.15) is 57.8 Å². The van der Waals surface area contributed by atoms with Crippen LogP contribution in [0.4, 0.5) is 10.5 Å². The van der Waals surface area contributed by atoms with Crippen molar-refractivity contribution in [1.29, 1.82) is 0 Å². The number of hydrogen-bond donors (Lipinski definition) is 2. The van der Waals surface area contributed by atoms with E-state index in [1.165, 1.54) is 34.2 Å². The molecule has 0 saturated heterocycles. The molecule has 0 radical (unpaired) electrons. The van der Waals surface area contributed by atoms with Crippen molar-refractivity contribution in [3.63, 3.8) is 0 Å². The summed E-state index contributed by atoms with van der Waals surface area (Å²) in [5.74, 6) is 5.68. The van der Waals surface area contributed by atoms with E-state index in [0.29, 0.717) is 49.0 Å². The smallest absolute Gasteiger partial charge is 0.412 e. The lowest BCUT2D eigenvalue weighted by atomic mass is 10.1. The Bertz CT molecular complexity index is 1470. The molecule has 0 unspecified atom stereocenters. The summed E-state index contributed by atoms with van der Waals surface area (Å²) in [4.78, 5) is 35.2. The molecule has 11 heteroatoms. The summed E-state index contributed by atoms with van der Waals surface area (Å²) >= 11 is 3.91. The second-order valence-corrected chi connectivity index (χ2v) is 11.2. The fourth-order valence-corrected chi connectivity index (χ4v) is 6.57. The molecule has 2 saturated carbocycles. The fourth-order valence-electron chi connectivity index (χ4n) is 3.66. The van der Waals surface area contributed by atoms with Gasteiger partial charge in [0.1, 0.15) is 21.9 Å². The van der Waals surface area contributed by atoms with Crippen LogP contribution in [0, 0.1) is 11.8 Å². The lowest BCUT2D eigenvalue weighted by Gasteiger charge is -2.07. The van der Waals surface area contributed by atoms with Gasteiger partial charge in [-0.2, -0.15) is 4.37 Å². The number of fused-ring (bicyclic) bond motifs is 1. The van der Waals surface area contributed by atoms with E-state index in [1.807, 2.05) is 30.3 Å². The number of ether oxygens (including phenoxy) is 1. The van der Waals surface area contributed by atoms with Crippen molar-refractivity contribution in [3.8, 4) is 11.8 Å². The highest BCUT2D eigenvalue weighted by atomic mass is 32.1. The van der Waals surface area contributed by atoms with Crippen LogP contribution in [0.2, 0.25) is 0 Å². The Kier molecular flexibility index (Phi) is 5.51. The zero-order valence-corrected chi connectivity index (χ0v) is 20.7. The maximum absolute atomic E-state index is 12.5. The molecule has 3 aromatic heterocycles. The van der Waals surface area contributed by atoms with Crippen molar-refractivity contribution in [2.75, 3.05) is 5.32 Å². The highest BCUT2D eigenvalue weighted by molar-refractivity contribution is 7.26. The second kappa shape index (κ2) is 8.71. The Morgan fingerprint density at radius 1 is 1.11 bits per heavy atom. The second-order valence-electron chi connectivity index (χ2n) is 8.52. The van der Waals surface area contributed by atoms with Gasteiger partial charge in [-0.3, -0.25) is 10.1 Å². The fraction of sp³-hybridized carbons (Fsp3) is 0.292. The highest BCUT2D eigenvalue weighted by Crippen LogP contribution is 2.51. The number of carboxylic acids is 1. The number of thiazole rings is 2. The number of anilines is 1. The van der Waals surface area contributed by atoms with Gasteiger partial charge in [0.15, 0.2) is 14.7 Å². The molecule has 1 amide bonds. The molecule has 0 spiro atoms. The van der Waals surface area contributed by atoms with Crippen molar-refractivity contribution in [2.45, 2.75) is 43.6 Å². The van der Waals surface area contributed by atoms with Gasteiger partial charge in [-0.15, -0.1) is 0 Å². The summed E-state index contributed by atoms with van der Waals surface area (Å²) in [6.07, 6.45) is 2.78. The predicted octanol–water partition coefficient (Wildman–Crippen LogP) is 5.35. The largest absolute Gasteiger partial charge is 0.481 e. The summed E-state index contributed by atoms with van der Waals surface area (Å²) in [5, 5.41) is 13.6. The zero-order valence-electron chi connectivity index (χ0n) is 18.2. The Balaban J connectivity index is 1.20. The van der Waals surface area contributed by atoms with Crippen molar-refractivity contribution >= 4 is 61.6 Å². The molecule has 6 rings (SSSR count).